The fourth-order valence-corrected chi connectivity index (χ4v) is 3.73. The van der Waals surface area contributed by atoms with Gasteiger partial charge in [0.05, 0.1) is 26.8 Å². The number of thioether (sulfide) groups is 1. The zero-order chi connectivity index (χ0) is 14.3. The molecule has 0 radical (unpaired) electrons. The lowest BCUT2D eigenvalue weighted by molar-refractivity contribution is 0.0578. The molecule has 2 heterocycles. The normalized spacial score (nSPS) is 20.5. The van der Waals surface area contributed by atoms with Crippen molar-refractivity contribution in [3.63, 3.8) is 0 Å². The van der Waals surface area contributed by atoms with Gasteiger partial charge in [-0.25, -0.2) is 0 Å². The van der Waals surface area contributed by atoms with Gasteiger partial charge in [-0.2, -0.15) is 0 Å². The number of methoxy groups -OCH3 is 1. The van der Waals surface area contributed by atoms with E-state index >= 15 is 0 Å². The molecule has 1 aromatic carbocycles. The van der Waals surface area contributed by atoms with Crippen LogP contribution < -0.4 is 4.74 Å². The first-order valence-corrected chi connectivity index (χ1v) is 7.63. The zero-order valence-corrected chi connectivity index (χ0v) is 13.2. The highest BCUT2D eigenvalue weighted by atomic mass is 35.5. The van der Waals surface area contributed by atoms with E-state index in [1.54, 1.807) is 25.1 Å². The minimum absolute atomic E-state index is 0.0154. The smallest absolute Gasteiger partial charge is 0.136 e. The Morgan fingerprint density at radius 3 is 3.00 bits per heavy atom. The summed E-state index contributed by atoms with van der Waals surface area (Å²) in [6.07, 6.45) is 1.73. The Morgan fingerprint density at radius 2 is 2.25 bits per heavy atom. The van der Waals surface area contributed by atoms with Crippen LogP contribution in [0, 0.1) is 0 Å². The first-order chi connectivity index (χ1) is 9.51. The minimum Gasteiger partial charge on any atom is -0.485 e. The molecule has 1 aromatic heterocycles. The third-order valence-corrected chi connectivity index (χ3v) is 5.15. The molecule has 1 aliphatic heterocycles. The molecule has 0 bridgehead atoms. The van der Waals surface area contributed by atoms with E-state index in [2.05, 4.69) is 24.9 Å². The van der Waals surface area contributed by atoms with Crippen molar-refractivity contribution in [1.82, 2.24) is 4.98 Å². The number of benzene rings is 1. The van der Waals surface area contributed by atoms with Gasteiger partial charge in [0.15, 0.2) is 0 Å². The third kappa shape index (κ3) is 2.36. The van der Waals surface area contributed by atoms with Gasteiger partial charge in [0, 0.05) is 24.8 Å². The highest BCUT2D eigenvalue weighted by molar-refractivity contribution is 8.00. The number of rotatable bonds is 2. The van der Waals surface area contributed by atoms with Crippen molar-refractivity contribution in [3.8, 4) is 5.75 Å². The molecule has 0 fully saturated rings. The molecule has 0 aliphatic carbocycles. The van der Waals surface area contributed by atoms with Gasteiger partial charge in [0.2, 0.25) is 0 Å². The first kappa shape index (κ1) is 14.0. The standard InChI is InChI=1S/C15H16ClNO2S/c1-15(2)14(8-18-3)19-12-7-11-9(6-13(12)20-15)10(16)4-5-17-11/h4-7,14H,8H2,1-3H3. The molecular weight excluding hydrogens is 294 g/mol. The van der Waals surface area contributed by atoms with E-state index in [0.717, 1.165) is 26.6 Å². The molecule has 0 spiro atoms. The topological polar surface area (TPSA) is 31.4 Å². The lowest BCUT2D eigenvalue weighted by Crippen LogP contribution is -2.43. The number of fused-ring (bicyclic) bond motifs is 2. The van der Waals surface area contributed by atoms with Crippen molar-refractivity contribution in [3.05, 3.63) is 29.4 Å². The van der Waals surface area contributed by atoms with Gasteiger partial charge < -0.3 is 9.47 Å². The van der Waals surface area contributed by atoms with Crippen LogP contribution >= 0.6 is 23.4 Å². The van der Waals surface area contributed by atoms with Crippen molar-refractivity contribution in [2.24, 2.45) is 0 Å². The molecule has 0 amide bonds. The van der Waals surface area contributed by atoms with E-state index in [4.69, 9.17) is 21.1 Å². The van der Waals surface area contributed by atoms with E-state index in [0.29, 0.717) is 6.61 Å². The number of halogens is 1. The van der Waals surface area contributed by atoms with E-state index in [1.165, 1.54) is 0 Å². The van der Waals surface area contributed by atoms with Crippen LogP contribution in [0.25, 0.3) is 10.9 Å². The van der Waals surface area contributed by atoms with Crippen LogP contribution in [-0.2, 0) is 4.74 Å². The van der Waals surface area contributed by atoms with Gasteiger partial charge in [-0.3, -0.25) is 4.98 Å². The fourth-order valence-electron chi connectivity index (χ4n) is 2.32. The maximum atomic E-state index is 6.24. The number of hydrogen-bond acceptors (Lipinski definition) is 4. The van der Waals surface area contributed by atoms with Crippen molar-refractivity contribution >= 4 is 34.3 Å². The van der Waals surface area contributed by atoms with Crippen LogP contribution in [0.3, 0.4) is 0 Å². The quantitative estimate of drug-likeness (QED) is 0.833. The second-order valence-corrected chi connectivity index (χ2v) is 7.48. The van der Waals surface area contributed by atoms with Crippen LogP contribution in [0.2, 0.25) is 5.02 Å². The van der Waals surface area contributed by atoms with E-state index in [1.807, 2.05) is 12.1 Å². The molecule has 3 rings (SSSR count). The predicted octanol–water partition coefficient (Wildman–Crippen LogP) is 4.17. The number of pyridine rings is 1. The molecule has 1 unspecified atom stereocenters. The second kappa shape index (κ2) is 5.10. The van der Waals surface area contributed by atoms with Crippen molar-refractivity contribution in [2.75, 3.05) is 13.7 Å². The number of hydrogen-bond donors (Lipinski definition) is 0. The summed E-state index contributed by atoms with van der Waals surface area (Å²) in [6, 6.07) is 5.83. The summed E-state index contributed by atoms with van der Waals surface area (Å²) in [6.45, 7) is 4.90. The first-order valence-electron chi connectivity index (χ1n) is 6.44. The molecule has 0 N–H and O–H groups in total. The van der Waals surface area contributed by atoms with Crippen LogP contribution in [0.1, 0.15) is 13.8 Å². The Bertz CT molecular complexity index is 660. The van der Waals surface area contributed by atoms with Gasteiger partial charge in [0.25, 0.3) is 0 Å². The lowest BCUT2D eigenvalue weighted by Gasteiger charge is -2.38. The van der Waals surface area contributed by atoms with Crippen LogP contribution in [-0.4, -0.2) is 29.6 Å². The molecular formula is C15H16ClNO2S. The van der Waals surface area contributed by atoms with Gasteiger partial charge in [-0.05, 0) is 26.0 Å². The second-order valence-electron chi connectivity index (χ2n) is 5.38. The van der Waals surface area contributed by atoms with Gasteiger partial charge >= 0.3 is 0 Å². The molecule has 1 aliphatic rings. The Hall–Kier alpha value is -0.970. The van der Waals surface area contributed by atoms with Gasteiger partial charge in [-0.15, -0.1) is 11.8 Å². The number of aromatic nitrogens is 1. The average Bonchev–Trinajstić information content (AvgIpc) is 2.38. The molecule has 5 heteroatoms. The molecule has 1 atom stereocenters. The Kier molecular flexibility index (Phi) is 3.56. The highest BCUT2D eigenvalue weighted by Crippen LogP contribution is 2.47. The summed E-state index contributed by atoms with van der Waals surface area (Å²) in [5.74, 6) is 0.860. The Labute approximate surface area is 127 Å². The molecule has 0 saturated heterocycles. The molecule has 0 saturated carbocycles. The van der Waals surface area contributed by atoms with E-state index < -0.39 is 0 Å². The maximum absolute atomic E-state index is 6.24. The average molecular weight is 310 g/mol. The molecule has 2 aromatic rings. The summed E-state index contributed by atoms with van der Waals surface area (Å²) >= 11 is 8.03. The zero-order valence-electron chi connectivity index (χ0n) is 11.6. The van der Waals surface area contributed by atoms with Crippen molar-refractivity contribution < 1.29 is 9.47 Å². The molecule has 3 nitrogen and oxygen atoms in total. The number of nitrogens with zero attached hydrogens (tertiary/aromatic N) is 1. The van der Waals surface area contributed by atoms with E-state index in [9.17, 15) is 0 Å². The SMILES string of the molecule is COCC1Oc2cc3nccc(Cl)c3cc2SC1(C)C. The lowest BCUT2D eigenvalue weighted by atomic mass is 10.1. The van der Waals surface area contributed by atoms with Crippen LogP contribution in [0.4, 0.5) is 0 Å². The number of ether oxygens (including phenoxy) is 2. The summed E-state index contributed by atoms with van der Waals surface area (Å²) in [4.78, 5) is 5.45. The highest BCUT2D eigenvalue weighted by Gasteiger charge is 2.38. The van der Waals surface area contributed by atoms with Gasteiger partial charge in [-0.1, -0.05) is 11.6 Å². The third-order valence-electron chi connectivity index (χ3n) is 3.49. The fraction of sp³-hybridized carbons (Fsp3) is 0.400. The van der Waals surface area contributed by atoms with Crippen molar-refractivity contribution in [2.45, 2.75) is 29.6 Å². The monoisotopic (exact) mass is 309 g/mol. The summed E-state index contributed by atoms with van der Waals surface area (Å²) in [5, 5.41) is 1.68. The van der Waals surface area contributed by atoms with Crippen LogP contribution in [0.5, 0.6) is 5.75 Å². The Morgan fingerprint density at radius 1 is 1.45 bits per heavy atom. The molecule has 106 valence electrons. The van der Waals surface area contributed by atoms with E-state index in [-0.39, 0.29) is 10.9 Å². The summed E-state index contributed by atoms with van der Waals surface area (Å²) in [5.41, 5.74) is 0.854. The van der Waals surface area contributed by atoms with Crippen LogP contribution in [0.15, 0.2) is 29.3 Å². The van der Waals surface area contributed by atoms with Gasteiger partial charge in [0.1, 0.15) is 11.9 Å². The maximum Gasteiger partial charge on any atom is 0.136 e. The largest absolute Gasteiger partial charge is 0.485 e. The molecule has 20 heavy (non-hydrogen) atoms. The summed E-state index contributed by atoms with van der Waals surface area (Å²) in [7, 11) is 1.70. The minimum atomic E-state index is -0.0502. The van der Waals surface area contributed by atoms with Crippen molar-refractivity contribution in [1.29, 1.82) is 0 Å². The Balaban J connectivity index is 2.10. The predicted molar refractivity (Wildman–Crippen MR) is 83.0 cm³/mol. The summed E-state index contributed by atoms with van der Waals surface area (Å²) < 4.78 is 11.3.